The van der Waals surface area contributed by atoms with Crippen LogP contribution < -0.4 is 15.2 Å². The quantitative estimate of drug-likeness (QED) is 0.927. The highest BCUT2D eigenvalue weighted by molar-refractivity contribution is 5.46. The van der Waals surface area contributed by atoms with Crippen LogP contribution in [-0.2, 0) is 12.8 Å². The van der Waals surface area contributed by atoms with E-state index >= 15 is 0 Å². The van der Waals surface area contributed by atoms with Gasteiger partial charge in [0.05, 0.1) is 13.2 Å². The Morgan fingerprint density at radius 1 is 1.30 bits per heavy atom. The molecule has 104 valence electrons. The summed E-state index contributed by atoms with van der Waals surface area (Å²) in [6, 6.07) is 10.1. The average Bonchev–Trinajstić information content (AvgIpc) is 2.89. The van der Waals surface area contributed by atoms with E-state index in [0.717, 1.165) is 30.9 Å². The minimum absolute atomic E-state index is 0.451. The van der Waals surface area contributed by atoms with Crippen molar-refractivity contribution < 1.29 is 9.47 Å². The fraction of sp³-hybridized carbons (Fsp3) is 0.312. The molecule has 20 heavy (non-hydrogen) atoms. The van der Waals surface area contributed by atoms with Crippen molar-refractivity contribution in [1.82, 2.24) is 4.98 Å². The van der Waals surface area contributed by atoms with E-state index in [1.165, 1.54) is 11.1 Å². The maximum absolute atomic E-state index is 5.82. The summed E-state index contributed by atoms with van der Waals surface area (Å²) in [7, 11) is 0. The van der Waals surface area contributed by atoms with E-state index in [2.05, 4.69) is 17.1 Å². The molecule has 2 aromatic rings. The second-order valence-electron chi connectivity index (χ2n) is 4.98. The maximum atomic E-state index is 5.82. The molecule has 0 amide bonds. The molecule has 0 spiro atoms. The van der Waals surface area contributed by atoms with Crippen molar-refractivity contribution >= 4 is 5.82 Å². The molecule has 0 saturated heterocycles. The molecule has 4 nitrogen and oxygen atoms in total. The van der Waals surface area contributed by atoms with E-state index < -0.39 is 0 Å². The number of hydrogen-bond donors (Lipinski definition) is 1. The number of nitrogens with zero attached hydrogens (tertiary/aromatic N) is 1. The Kier molecular flexibility index (Phi) is 3.46. The molecule has 2 N–H and O–H groups in total. The number of aromatic nitrogens is 1. The van der Waals surface area contributed by atoms with Crippen LogP contribution in [0.3, 0.4) is 0 Å². The van der Waals surface area contributed by atoms with Crippen molar-refractivity contribution in [2.75, 3.05) is 18.9 Å². The molecular weight excluding hydrogens is 252 g/mol. The molecule has 3 rings (SSSR count). The topological polar surface area (TPSA) is 57.4 Å². The zero-order valence-electron chi connectivity index (χ0n) is 11.6. The molecule has 1 aromatic heterocycles. The van der Waals surface area contributed by atoms with Gasteiger partial charge in [-0.1, -0.05) is 12.1 Å². The van der Waals surface area contributed by atoms with Crippen molar-refractivity contribution in [2.45, 2.75) is 19.8 Å². The third-order valence-electron chi connectivity index (χ3n) is 3.43. The minimum atomic E-state index is 0.451. The summed E-state index contributed by atoms with van der Waals surface area (Å²) in [4.78, 5) is 4.18. The standard InChI is InChI=1S/C16H18N2O2/c1-11-2-4-15(16(17)18-11)20-8-6-12-3-5-14-13(10-12)7-9-19-14/h2-5,10H,6-9H2,1H3,(H2,17,18). The summed E-state index contributed by atoms with van der Waals surface area (Å²) in [5, 5.41) is 0. The molecule has 1 aliphatic rings. The SMILES string of the molecule is Cc1ccc(OCCc2ccc3c(c2)CCO3)c(N)n1. The Balaban J connectivity index is 1.60. The van der Waals surface area contributed by atoms with Crippen molar-refractivity contribution in [3.05, 3.63) is 47.2 Å². The van der Waals surface area contributed by atoms with Crippen LogP contribution in [0.2, 0.25) is 0 Å². The van der Waals surface area contributed by atoms with Gasteiger partial charge in [0.15, 0.2) is 11.6 Å². The largest absolute Gasteiger partial charge is 0.493 e. The Labute approximate surface area is 118 Å². The number of nitrogens with two attached hydrogens (primary N) is 1. The van der Waals surface area contributed by atoms with Gasteiger partial charge >= 0.3 is 0 Å². The smallest absolute Gasteiger partial charge is 0.166 e. The number of nitrogen functional groups attached to an aromatic ring is 1. The molecule has 0 atom stereocenters. The number of benzene rings is 1. The van der Waals surface area contributed by atoms with Gasteiger partial charge in [0.1, 0.15) is 5.75 Å². The molecule has 2 heterocycles. The number of pyridine rings is 1. The Bertz CT molecular complexity index is 626. The fourth-order valence-electron chi connectivity index (χ4n) is 2.36. The molecule has 0 bridgehead atoms. The Morgan fingerprint density at radius 3 is 3.05 bits per heavy atom. The highest BCUT2D eigenvalue weighted by Crippen LogP contribution is 2.26. The van der Waals surface area contributed by atoms with Crippen molar-refractivity contribution in [3.63, 3.8) is 0 Å². The summed E-state index contributed by atoms with van der Waals surface area (Å²) in [6.45, 7) is 3.29. The van der Waals surface area contributed by atoms with Gasteiger partial charge in [-0.2, -0.15) is 0 Å². The van der Waals surface area contributed by atoms with E-state index in [1.807, 2.05) is 25.1 Å². The number of aryl methyl sites for hydroxylation is 1. The third kappa shape index (κ3) is 2.69. The zero-order valence-corrected chi connectivity index (χ0v) is 11.6. The average molecular weight is 270 g/mol. The van der Waals surface area contributed by atoms with Crippen LogP contribution in [0.1, 0.15) is 16.8 Å². The van der Waals surface area contributed by atoms with Gasteiger partial charge in [-0.15, -0.1) is 0 Å². The number of fused-ring (bicyclic) bond motifs is 1. The predicted molar refractivity (Wildman–Crippen MR) is 78.2 cm³/mol. The van der Waals surface area contributed by atoms with Crippen LogP contribution in [0, 0.1) is 6.92 Å². The molecular formula is C16H18N2O2. The summed E-state index contributed by atoms with van der Waals surface area (Å²) >= 11 is 0. The molecule has 0 saturated carbocycles. The zero-order chi connectivity index (χ0) is 13.9. The van der Waals surface area contributed by atoms with Crippen LogP contribution in [0.4, 0.5) is 5.82 Å². The van der Waals surface area contributed by atoms with Crippen molar-refractivity contribution in [2.24, 2.45) is 0 Å². The Hall–Kier alpha value is -2.23. The van der Waals surface area contributed by atoms with E-state index in [4.69, 9.17) is 15.2 Å². The number of ether oxygens (including phenoxy) is 2. The lowest BCUT2D eigenvalue weighted by atomic mass is 10.1. The van der Waals surface area contributed by atoms with Gasteiger partial charge in [-0.3, -0.25) is 0 Å². The number of rotatable bonds is 4. The molecule has 0 unspecified atom stereocenters. The second kappa shape index (κ2) is 5.41. The van der Waals surface area contributed by atoms with Gasteiger partial charge in [0.2, 0.25) is 0 Å². The highest BCUT2D eigenvalue weighted by Gasteiger charge is 2.12. The van der Waals surface area contributed by atoms with Gasteiger partial charge < -0.3 is 15.2 Å². The van der Waals surface area contributed by atoms with Crippen LogP contribution in [0.5, 0.6) is 11.5 Å². The van der Waals surface area contributed by atoms with Crippen molar-refractivity contribution in [3.8, 4) is 11.5 Å². The van der Waals surface area contributed by atoms with Gasteiger partial charge in [0.25, 0.3) is 0 Å². The molecule has 1 aromatic carbocycles. The minimum Gasteiger partial charge on any atom is -0.493 e. The summed E-state index contributed by atoms with van der Waals surface area (Å²) < 4.78 is 11.2. The number of anilines is 1. The molecule has 0 fully saturated rings. The number of hydrogen-bond acceptors (Lipinski definition) is 4. The lowest BCUT2D eigenvalue weighted by Crippen LogP contribution is -2.05. The van der Waals surface area contributed by atoms with Crippen molar-refractivity contribution in [1.29, 1.82) is 0 Å². The molecule has 4 heteroatoms. The summed E-state index contributed by atoms with van der Waals surface area (Å²) in [5.74, 6) is 2.12. The van der Waals surface area contributed by atoms with Gasteiger partial charge in [0, 0.05) is 18.5 Å². The maximum Gasteiger partial charge on any atom is 0.166 e. The fourth-order valence-corrected chi connectivity index (χ4v) is 2.36. The lowest BCUT2D eigenvalue weighted by molar-refractivity contribution is 0.322. The van der Waals surface area contributed by atoms with E-state index in [0.29, 0.717) is 18.2 Å². The predicted octanol–water partition coefficient (Wildman–Crippen LogP) is 2.53. The van der Waals surface area contributed by atoms with Gasteiger partial charge in [-0.05, 0) is 36.2 Å². The summed E-state index contributed by atoms with van der Waals surface area (Å²) in [5.41, 5.74) is 9.27. The van der Waals surface area contributed by atoms with Crippen LogP contribution >= 0.6 is 0 Å². The molecule has 0 aliphatic carbocycles. The van der Waals surface area contributed by atoms with E-state index in [9.17, 15) is 0 Å². The third-order valence-corrected chi connectivity index (χ3v) is 3.43. The Morgan fingerprint density at radius 2 is 2.20 bits per heavy atom. The highest BCUT2D eigenvalue weighted by atomic mass is 16.5. The lowest BCUT2D eigenvalue weighted by Gasteiger charge is -2.09. The molecule has 0 radical (unpaired) electrons. The van der Waals surface area contributed by atoms with Crippen LogP contribution in [0.25, 0.3) is 0 Å². The summed E-state index contributed by atoms with van der Waals surface area (Å²) in [6.07, 6.45) is 1.85. The van der Waals surface area contributed by atoms with E-state index in [-0.39, 0.29) is 0 Å². The van der Waals surface area contributed by atoms with E-state index in [1.54, 1.807) is 0 Å². The second-order valence-corrected chi connectivity index (χ2v) is 4.98. The first-order valence-corrected chi connectivity index (χ1v) is 6.83. The first kappa shape index (κ1) is 12.8. The van der Waals surface area contributed by atoms with Crippen LogP contribution in [-0.4, -0.2) is 18.2 Å². The van der Waals surface area contributed by atoms with Gasteiger partial charge in [-0.25, -0.2) is 4.98 Å². The first-order chi connectivity index (χ1) is 9.72. The normalized spacial score (nSPS) is 12.8. The van der Waals surface area contributed by atoms with Crippen LogP contribution in [0.15, 0.2) is 30.3 Å². The monoisotopic (exact) mass is 270 g/mol. The first-order valence-electron chi connectivity index (χ1n) is 6.83. The molecule has 1 aliphatic heterocycles.